The molecule has 0 aromatic heterocycles. The Hall–Kier alpha value is -1.40. The van der Waals surface area contributed by atoms with E-state index in [-0.39, 0.29) is 18.9 Å². The summed E-state index contributed by atoms with van der Waals surface area (Å²) in [6.45, 7) is 0.520. The Balaban J connectivity index is 2.37. The Morgan fingerprint density at radius 1 is 1.33 bits per heavy atom. The molecule has 6 heteroatoms. The first-order chi connectivity index (χ1) is 8.47. The summed E-state index contributed by atoms with van der Waals surface area (Å²) in [6, 6.07) is 7.26. The van der Waals surface area contributed by atoms with Gasteiger partial charge >= 0.3 is 5.97 Å². The number of carboxylic acids is 1. The van der Waals surface area contributed by atoms with Crippen molar-refractivity contribution in [3.8, 4) is 0 Å². The molecule has 98 valence electrons. The number of benzene rings is 1. The van der Waals surface area contributed by atoms with E-state index >= 15 is 0 Å². The Kier molecular flexibility index (Phi) is 5.80. The topological polar surface area (TPSA) is 69.6 Å². The number of nitrogens with zero attached hydrogens (tertiary/aromatic N) is 1. The molecule has 0 bridgehead atoms. The average Bonchev–Trinajstić information content (AvgIpc) is 2.29. The maximum Gasteiger partial charge on any atom is 0.304 e. The van der Waals surface area contributed by atoms with Gasteiger partial charge < -0.3 is 10.4 Å². The summed E-state index contributed by atoms with van der Waals surface area (Å²) in [6.07, 6.45) is 0.0298. The van der Waals surface area contributed by atoms with Crippen LogP contribution in [0.2, 0.25) is 0 Å². The van der Waals surface area contributed by atoms with Crippen LogP contribution >= 0.6 is 15.9 Å². The van der Waals surface area contributed by atoms with Gasteiger partial charge in [-0.1, -0.05) is 15.9 Å². The molecule has 0 fully saturated rings. The maximum absolute atomic E-state index is 11.6. The smallest absolute Gasteiger partial charge is 0.304 e. The molecule has 0 aliphatic rings. The molecule has 1 rings (SSSR count). The Labute approximate surface area is 114 Å². The Morgan fingerprint density at radius 3 is 2.50 bits per heavy atom. The van der Waals surface area contributed by atoms with Crippen LogP contribution in [0.5, 0.6) is 0 Å². The van der Waals surface area contributed by atoms with E-state index in [9.17, 15) is 9.59 Å². The van der Waals surface area contributed by atoms with Gasteiger partial charge in [-0.25, -0.2) is 0 Å². The fraction of sp³-hybridized carbons (Fsp3) is 0.333. The number of likely N-dealkylation sites (N-methyl/N-ethyl adjacent to an activating group) is 1. The van der Waals surface area contributed by atoms with Crippen LogP contribution < -0.4 is 5.32 Å². The summed E-state index contributed by atoms with van der Waals surface area (Å²) >= 11 is 3.31. The fourth-order valence-corrected chi connectivity index (χ4v) is 1.61. The van der Waals surface area contributed by atoms with E-state index in [1.807, 2.05) is 12.1 Å². The van der Waals surface area contributed by atoms with Gasteiger partial charge in [0.2, 0.25) is 5.91 Å². The molecule has 0 atom stereocenters. The molecule has 0 aliphatic carbocycles. The molecule has 0 saturated heterocycles. The van der Waals surface area contributed by atoms with Gasteiger partial charge in [-0.15, -0.1) is 0 Å². The third-order valence-electron chi connectivity index (χ3n) is 2.25. The Bertz CT molecular complexity index is 420. The second-order valence-electron chi connectivity index (χ2n) is 3.94. The molecule has 1 amide bonds. The normalized spacial score (nSPS) is 10.4. The molecule has 0 aliphatic heterocycles. The van der Waals surface area contributed by atoms with Crippen molar-refractivity contribution in [2.45, 2.75) is 6.42 Å². The SMILES string of the molecule is CN(CCC(=O)O)CC(=O)Nc1ccc(Br)cc1. The highest BCUT2D eigenvalue weighted by Gasteiger charge is 2.08. The number of carboxylic acid groups (broad SMARTS) is 1. The number of rotatable bonds is 6. The third-order valence-corrected chi connectivity index (χ3v) is 2.78. The minimum atomic E-state index is -0.866. The molecule has 1 aromatic carbocycles. The number of amides is 1. The quantitative estimate of drug-likeness (QED) is 0.840. The molecule has 0 heterocycles. The highest BCUT2D eigenvalue weighted by Crippen LogP contribution is 2.13. The van der Waals surface area contributed by atoms with Crippen molar-refractivity contribution in [1.82, 2.24) is 4.90 Å². The monoisotopic (exact) mass is 314 g/mol. The summed E-state index contributed by atoms with van der Waals surface area (Å²) < 4.78 is 0.944. The van der Waals surface area contributed by atoms with Crippen LogP contribution in [0, 0.1) is 0 Å². The van der Waals surface area contributed by atoms with E-state index in [0.29, 0.717) is 6.54 Å². The summed E-state index contributed by atoms with van der Waals surface area (Å²) in [4.78, 5) is 23.7. The fourth-order valence-electron chi connectivity index (χ4n) is 1.34. The zero-order valence-electron chi connectivity index (χ0n) is 10.0. The van der Waals surface area contributed by atoms with Gasteiger partial charge in [0.15, 0.2) is 0 Å². The lowest BCUT2D eigenvalue weighted by Gasteiger charge is -2.14. The molecule has 0 radical (unpaired) electrons. The van der Waals surface area contributed by atoms with E-state index in [1.54, 1.807) is 24.1 Å². The maximum atomic E-state index is 11.6. The van der Waals surface area contributed by atoms with Crippen molar-refractivity contribution >= 4 is 33.5 Å². The van der Waals surface area contributed by atoms with Crippen LogP contribution in [0.4, 0.5) is 5.69 Å². The van der Waals surface area contributed by atoms with Crippen molar-refractivity contribution in [1.29, 1.82) is 0 Å². The van der Waals surface area contributed by atoms with Gasteiger partial charge in [0.1, 0.15) is 0 Å². The molecule has 0 spiro atoms. The second-order valence-corrected chi connectivity index (χ2v) is 4.85. The largest absolute Gasteiger partial charge is 0.481 e. The predicted molar refractivity (Wildman–Crippen MR) is 72.5 cm³/mol. The van der Waals surface area contributed by atoms with Crippen molar-refractivity contribution in [2.75, 3.05) is 25.5 Å². The first-order valence-corrected chi connectivity index (χ1v) is 6.22. The van der Waals surface area contributed by atoms with E-state index in [4.69, 9.17) is 5.11 Å². The van der Waals surface area contributed by atoms with Gasteiger partial charge in [0, 0.05) is 16.7 Å². The highest BCUT2D eigenvalue weighted by molar-refractivity contribution is 9.10. The summed E-state index contributed by atoms with van der Waals surface area (Å²) in [7, 11) is 1.71. The standard InChI is InChI=1S/C12H15BrN2O3/c1-15(7-6-12(17)18)8-11(16)14-10-4-2-9(13)3-5-10/h2-5H,6-8H2,1H3,(H,14,16)(H,17,18). The van der Waals surface area contributed by atoms with Gasteiger partial charge in [0.05, 0.1) is 13.0 Å². The zero-order chi connectivity index (χ0) is 13.5. The molecule has 0 saturated carbocycles. The lowest BCUT2D eigenvalue weighted by molar-refractivity contribution is -0.137. The van der Waals surface area contributed by atoms with Crippen LogP contribution in [0.3, 0.4) is 0 Å². The molecular weight excluding hydrogens is 300 g/mol. The minimum Gasteiger partial charge on any atom is -0.481 e. The van der Waals surface area contributed by atoms with Crippen LogP contribution in [0.15, 0.2) is 28.7 Å². The average molecular weight is 315 g/mol. The highest BCUT2D eigenvalue weighted by atomic mass is 79.9. The van der Waals surface area contributed by atoms with Crippen molar-refractivity contribution in [3.05, 3.63) is 28.7 Å². The van der Waals surface area contributed by atoms with Crippen LogP contribution in [-0.2, 0) is 9.59 Å². The minimum absolute atomic E-state index is 0.0298. The van der Waals surface area contributed by atoms with Crippen molar-refractivity contribution in [3.63, 3.8) is 0 Å². The van der Waals surface area contributed by atoms with Gasteiger partial charge in [-0.05, 0) is 31.3 Å². The van der Waals surface area contributed by atoms with Crippen LogP contribution in [0.25, 0.3) is 0 Å². The number of nitrogens with one attached hydrogen (secondary N) is 1. The zero-order valence-corrected chi connectivity index (χ0v) is 11.6. The number of carbonyl (C=O) groups excluding carboxylic acids is 1. The lowest BCUT2D eigenvalue weighted by atomic mass is 10.3. The third kappa shape index (κ3) is 5.79. The van der Waals surface area contributed by atoms with Crippen LogP contribution in [-0.4, -0.2) is 42.0 Å². The Morgan fingerprint density at radius 2 is 1.94 bits per heavy atom. The van der Waals surface area contributed by atoms with Gasteiger partial charge in [-0.3, -0.25) is 14.5 Å². The first-order valence-electron chi connectivity index (χ1n) is 5.43. The first kappa shape index (κ1) is 14.7. The summed E-state index contributed by atoms with van der Waals surface area (Å²) in [5, 5.41) is 11.3. The number of anilines is 1. The molecular formula is C12H15BrN2O3. The molecule has 0 unspecified atom stereocenters. The summed E-state index contributed by atoms with van der Waals surface area (Å²) in [5.74, 6) is -1.03. The van der Waals surface area contributed by atoms with E-state index in [1.165, 1.54) is 0 Å². The number of aliphatic carboxylic acids is 1. The van der Waals surface area contributed by atoms with Crippen molar-refractivity contribution in [2.24, 2.45) is 0 Å². The molecule has 18 heavy (non-hydrogen) atoms. The molecule has 2 N–H and O–H groups in total. The van der Waals surface area contributed by atoms with E-state index < -0.39 is 5.97 Å². The number of halogens is 1. The second kappa shape index (κ2) is 7.13. The lowest BCUT2D eigenvalue weighted by Crippen LogP contribution is -2.31. The molecule has 5 nitrogen and oxygen atoms in total. The number of carbonyl (C=O) groups is 2. The van der Waals surface area contributed by atoms with E-state index in [2.05, 4.69) is 21.2 Å². The van der Waals surface area contributed by atoms with Crippen LogP contribution in [0.1, 0.15) is 6.42 Å². The van der Waals surface area contributed by atoms with Gasteiger partial charge in [0.25, 0.3) is 0 Å². The predicted octanol–water partition coefficient (Wildman–Crippen LogP) is 1.79. The molecule has 1 aromatic rings. The number of hydrogen-bond acceptors (Lipinski definition) is 3. The number of hydrogen-bond donors (Lipinski definition) is 2. The van der Waals surface area contributed by atoms with E-state index in [0.717, 1.165) is 10.2 Å². The summed E-state index contributed by atoms with van der Waals surface area (Å²) in [5.41, 5.74) is 0.717. The van der Waals surface area contributed by atoms with Crippen molar-refractivity contribution < 1.29 is 14.7 Å². The van der Waals surface area contributed by atoms with Gasteiger partial charge in [-0.2, -0.15) is 0 Å².